The molecule has 1 amide bonds. The van der Waals surface area contributed by atoms with Crippen LogP contribution in [-0.2, 0) is 18.4 Å². The lowest BCUT2D eigenvalue weighted by Gasteiger charge is -2.33. The van der Waals surface area contributed by atoms with Crippen LogP contribution < -0.4 is 0 Å². The van der Waals surface area contributed by atoms with Gasteiger partial charge in [-0.15, -0.1) is 10.2 Å². The SMILES string of the molecule is CCn1cc(-c2nnc(SCC(=O)N3CCCCC3C)n2C)c2ccccc21. The van der Waals surface area contributed by atoms with E-state index in [0.29, 0.717) is 11.8 Å². The highest BCUT2D eigenvalue weighted by molar-refractivity contribution is 7.99. The predicted molar refractivity (Wildman–Crippen MR) is 113 cm³/mol. The first kappa shape index (κ1) is 19.1. The number of amides is 1. The van der Waals surface area contributed by atoms with Gasteiger partial charge in [-0.3, -0.25) is 4.79 Å². The molecule has 3 aromatic rings. The highest BCUT2D eigenvalue weighted by atomic mass is 32.2. The number of hydrogen-bond donors (Lipinski definition) is 0. The number of nitrogens with zero attached hydrogens (tertiary/aromatic N) is 5. The molecular weight excluding hydrogens is 370 g/mol. The lowest BCUT2D eigenvalue weighted by Crippen LogP contribution is -2.42. The summed E-state index contributed by atoms with van der Waals surface area (Å²) in [6.07, 6.45) is 5.57. The van der Waals surface area contributed by atoms with Crippen LogP contribution in [0.1, 0.15) is 33.1 Å². The first-order valence-corrected chi connectivity index (χ1v) is 11.0. The third-order valence-corrected chi connectivity index (χ3v) is 6.66. The fourth-order valence-electron chi connectivity index (χ4n) is 4.04. The van der Waals surface area contributed by atoms with Crippen LogP contribution in [0.5, 0.6) is 0 Å². The zero-order valence-corrected chi connectivity index (χ0v) is 17.6. The van der Waals surface area contributed by atoms with Gasteiger partial charge in [-0.1, -0.05) is 30.0 Å². The lowest BCUT2D eigenvalue weighted by molar-refractivity contribution is -0.131. The van der Waals surface area contributed by atoms with Gasteiger partial charge in [0.05, 0.1) is 5.75 Å². The van der Waals surface area contributed by atoms with Gasteiger partial charge >= 0.3 is 0 Å². The van der Waals surface area contributed by atoms with Crippen LogP contribution in [0.25, 0.3) is 22.3 Å². The van der Waals surface area contributed by atoms with Gasteiger partial charge in [-0.25, -0.2) is 0 Å². The van der Waals surface area contributed by atoms with Gasteiger partial charge in [-0.05, 0) is 39.2 Å². The minimum absolute atomic E-state index is 0.198. The number of para-hydroxylation sites is 1. The Morgan fingerprint density at radius 1 is 1.25 bits per heavy atom. The number of benzene rings is 1. The summed E-state index contributed by atoms with van der Waals surface area (Å²) < 4.78 is 4.23. The molecule has 3 heterocycles. The van der Waals surface area contributed by atoms with E-state index in [2.05, 4.69) is 59.1 Å². The molecule has 2 aromatic heterocycles. The van der Waals surface area contributed by atoms with Crippen molar-refractivity contribution >= 4 is 28.6 Å². The number of piperidine rings is 1. The van der Waals surface area contributed by atoms with Gasteiger partial charge in [0.15, 0.2) is 11.0 Å². The standard InChI is InChI=1S/C21H27N5OS/c1-4-25-13-17(16-10-5-6-11-18(16)25)20-22-23-21(24(20)3)28-14-19(27)26-12-8-7-9-15(26)2/h5-6,10-11,13,15H,4,7-9,12,14H2,1-3H3. The van der Waals surface area contributed by atoms with E-state index < -0.39 is 0 Å². The first-order valence-electron chi connectivity index (χ1n) is 10.00. The zero-order chi connectivity index (χ0) is 19.7. The summed E-state index contributed by atoms with van der Waals surface area (Å²) in [5, 5.41) is 10.8. The maximum absolute atomic E-state index is 12.6. The van der Waals surface area contributed by atoms with Crippen molar-refractivity contribution in [3.63, 3.8) is 0 Å². The molecule has 148 valence electrons. The topological polar surface area (TPSA) is 56.0 Å². The van der Waals surface area contributed by atoms with Crippen LogP contribution in [0.4, 0.5) is 0 Å². The predicted octanol–water partition coefficient (Wildman–Crippen LogP) is 3.95. The van der Waals surface area contributed by atoms with Gasteiger partial charge in [0.1, 0.15) is 0 Å². The molecule has 0 N–H and O–H groups in total. The minimum Gasteiger partial charge on any atom is -0.347 e. The van der Waals surface area contributed by atoms with Crippen molar-refractivity contribution in [2.45, 2.75) is 50.9 Å². The van der Waals surface area contributed by atoms with E-state index >= 15 is 0 Å². The Kier molecular flexibility index (Phi) is 5.44. The number of carbonyl (C=O) groups is 1. The van der Waals surface area contributed by atoms with Crippen LogP contribution >= 0.6 is 11.8 Å². The summed E-state index contributed by atoms with van der Waals surface area (Å²) in [7, 11) is 1.98. The molecule has 0 spiro atoms. The number of likely N-dealkylation sites (tertiary alicyclic amines) is 1. The van der Waals surface area contributed by atoms with Crippen molar-refractivity contribution in [2.75, 3.05) is 12.3 Å². The zero-order valence-electron chi connectivity index (χ0n) is 16.8. The van der Waals surface area contributed by atoms with Crippen LogP contribution in [0.3, 0.4) is 0 Å². The second kappa shape index (κ2) is 7.99. The molecule has 0 radical (unpaired) electrons. The molecule has 28 heavy (non-hydrogen) atoms. The average Bonchev–Trinajstić information content (AvgIpc) is 3.26. The normalized spacial score (nSPS) is 17.4. The van der Waals surface area contributed by atoms with Gasteiger partial charge in [-0.2, -0.15) is 0 Å². The molecule has 6 nitrogen and oxygen atoms in total. The third kappa shape index (κ3) is 3.43. The Hall–Kier alpha value is -2.28. The van der Waals surface area contributed by atoms with E-state index in [4.69, 9.17) is 0 Å². The fraction of sp³-hybridized carbons (Fsp3) is 0.476. The van der Waals surface area contributed by atoms with Crippen molar-refractivity contribution < 1.29 is 4.79 Å². The maximum atomic E-state index is 12.6. The molecular formula is C21H27N5OS. The molecule has 1 aromatic carbocycles. The van der Waals surface area contributed by atoms with E-state index in [9.17, 15) is 4.79 Å². The van der Waals surface area contributed by atoms with Crippen molar-refractivity contribution in [2.24, 2.45) is 7.05 Å². The Morgan fingerprint density at radius 2 is 2.07 bits per heavy atom. The molecule has 4 rings (SSSR count). The summed E-state index contributed by atoms with van der Waals surface area (Å²) in [5.41, 5.74) is 2.28. The lowest BCUT2D eigenvalue weighted by atomic mass is 10.0. The second-order valence-electron chi connectivity index (χ2n) is 7.43. The van der Waals surface area contributed by atoms with E-state index in [-0.39, 0.29) is 5.91 Å². The maximum Gasteiger partial charge on any atom is 0.233 e. The van der Waals surface area contributed by atoms with Crippen molar-refractivity contribution in [1.29, 1.82) is 0 Å². The van der Waals surface area contributed by atoms with E-state index in [1.807, 2.05) is 16.5 Å². The summed E-state index contributed by atoms with van der Waals surface area (Å²) >= 11 is 1.48. The number of fused-ring (bicyclic) bond motifs is 1. The smallest absolute Gasteiger partial charge is 0.233 e. The minimum atomic E-state index is 0.198. The highest BCUT2D eigenvalue weighted by Crippen LogP contribution is 2.31. The summed E-state index contributed by atoms with van der Waals surface area (Å²) in [4.78, 5) is 14.6. The second-order valence-corrected chi connectivity index (χ2v) is 8.37. The highest BCUT2D eigenvalue weighted by Gasteiger charge is 2.24. The van der Waals surface area contributed by atoms with Crippen molar-refractivity contribution in [3.05, 3.63) is 30.5 Å². The van der Waals surface area contributed by atoms with Gasteiger partial charge < -0.3 is 14.0 Å². The van der Waals surface area contributed by atoms with Gasteiger partial charge in [0.2, 0.25) is 5.91 Å². The van der Waals surface area contributed by atoms with Crippen molar-refractivity contribution in [3.8, 4) is 11.4 Å². The Bertz CT molecular complexity index is 992. The Morgan fingerprint density at radius 3 is 2.86 bits per heavy atom. The molecule has 7 heteroatoms. The molecule has 1 unspecified atom stereocenters. The summed E-state index contributed by atoms with van der Waals surface area (Å²) in [6.45, 7) is 6.07. The van der Waals surface area contributed by atoms with Gasteiger partial charge in [0.25, 0.3) is 0 Å². The summed E-state index contributed by atoms with van der Waals surface area (Å²) in [5.74, 6) is 1.45. The average molecular weight is 398 g/mol. The number of aromatic nitrogens is 4. The van der Waals surface area contributed by atoms with E-state index in [1.54, 1.807) is 0 Å². The molecule has 1 aliphatic rings. The number of rotatable bonds is 5. The number of thioether (sulfide) groups is 1. The first-order chi connectivity index (χ1) is 13.6. The number of hydrogen-bond acceptors (Lipinski definition) is 4. The molecule has 1 atom stereocenters. The fourth-order valence-corrected chi connectivity index (χ4v) is 4.84. The third-order valence-electron chi connectivity index (χ3n) is 5.65. The molecule has 0 aliphatic carbocycles. The monoisotopic (exact) mass is 397 g/mol. The van der Waals surface area contributed by atoms with E-state index in [1.165, 1.54) is 29.1 Å². The largest absolute Gasteiger partial charge is 0.347 e. The van der Waals surface area contributed by atoms with Crippen LogP contribution in [0.2, 0.25) is 0 Å². The molecule has 0 saturated carbocycles. The Labute approximate surface area is 169 Å². The van der Waals surface area contributed by atoms with Gasteiger partial charge in [0, 0.05) is 48.8 Å². The van der Waals surface area contributed by atoms with Crippen molar-refractivity contribution in [1.82, 2.24) is 24.2 Å². The van der Waals surface area contributed by atoms with Crippen LogP contribution in [0, 0.1) is 0 Å². The molecule has 0 bridgehead atoms. The number of carbonyl (C=O) groups excluding carboxylic acids is 1. The van der Waals surface area contributed by atoms with Crippen LogP contribution in [0.15, 0.2) is 35.6 Å². The molecule has 1 saturated heterocycles. The number of aryl methyl sites for hydroxylation is 1. The molecule has 1 aliphatic heterocycles. The molecule has 1 fully saturated rings. The van der Waals surface area contributed by atoms with Crippen LogP contribution in [-0.4, -0.2) is 48.5 Å². The summed E-state index contributed by atoms with van der Waals surface area (Å²) in [6, 6.07) is 8.71. The Balaban J connectivity index is 1.54. The quantitative estimate of drug-likeness (QED) is 0.612. The van der Waals surface area contributed by atoms with E-state index in [0.717, 1.165) is 42.5 Å².